The third-order valence-corrected chi connectivity index (χ3v) is 3.95. The van der Waals surface area contributed by atoms with Crippen molar-refractivity contribution < 1.29 is 26.3 Å². The number of halogens is 6. The number of benzene rings is 1. The quantitative estimate of drug-likeness (QED) is 0.705. The van der Waals surface area contributed by atoms with Gasteiger partial charge in [0.05, 0.1) is 11.1 Å². The van der Waals surface area contributed by atoms with E-state index in [1.165, 1.54) is 0 Å². The van der Waals surface area contributed by atoms with Gasteiger partial charge in [-0.05, 0) is 30.2 Å². The Hall–Kier alpha value is -1.99. The molecular formula is C15H11F6N2. The molecule has 8 heteroatoms. The summed E-state index contributed by atoms with van der Waals surface area (Å²) >= 11 is 0. The van der Waals surface area contributed by atoms with E-state index in [0.717, 1.165) is 18.0 Å². The van der Waals surface area contributed by atoms with E-state index in [2.05, 4.69) is 11.2 Å². The number of aryl methyl sites for hydroxylation is 1. The molecule has 1 aromatic carbocycles. The standard InChI is InChI=1S/C15H11F6N2/c16-14(17,18)11-5-10(6-12(7-11)15(19,20)21)9-1-2-13-22-3-4-23(13)8-9/h4-7,9H,1-2,8H2. The molecule has 0 bridgehead atoms. The molecule has 2 aromatic rings. The molecule has 2 heterocycles. The second kappa shape index (κ2) is 5.28. The van der Waals surface area contributed by atoms with Gasteiger partial charge in [-0.2, -0.15) is 26.3 Å². The van der Waals surface area contributed by atoms with Gasteiger partial charge >= 0.3 is 12.4 Å². The van der Waals surface area contributed by atoms with Crippen LogP contribution in [0.4, 0.5) is 26.3 Å². The van der Waals surface area contributed by atoms with E-state index in [-0.39, 0.29) is 11.6 Å². The molecule has 0 aliphatic carbocycles. The first-order valence-electron chi connectivity index (χ1n) is 6.86. The fourth-order valence-electron chi connectivity index (χ4n) is 2.79. The van der Waals surface area contributed by atoms with E-state index < -0.39 is 29.4 Å². The third kappa shape index (κ3) is 3.20. The molecular weight excluding hydrogens is 322 g/mol. The molecule has 1 aromatic heterocycles. The summed E-state index contributed by atoms with van der Waals surface area (Å²) in [5, 5.41) is 0. The van der Waals surface area contributed by atoms with E-state index in [4.69, 9.17) is 0 Å². The van der Waals surface area contributed by atoms with Gasteiger partial charge in [-0.15, -0.1) is 0 Å². The molecule has 1 aliphatic rings. The molecule has 2 nitrogen and oxygen atoms in total. The zero-order valence-corrected chi connectivity index (χ0v) is 11.7. The third-order valence-electron chi connectivity index (χ3n) is 3.95. The van der Waals surface area contributed by atoms with Crippen LogP contribution in [0.5, 0.6) is 0 Å². The van der Waals surface area contributed by atoms with Crippen molar-refractivity contribution in [2.45, 2.75) is 37.7 Å². The van der Waals surface area contributed by atoms with Gasteiger partial charge in [0.15, 0.2) is 0 Å². The van der Waals surface area contributed by atoms with Crippen LogP contribution in [0.2, 0.25) is 0 Å². The van der Waals surface area contributed by atoms with Gasteiger partial charge in [-0.25, -0.2) is 4.98 Å². The zero-order chi connectivity index (χ0) is 16.8. The predicted octanol–water partition coefficient (Wildman–Crippen LogP) is 4.45. The Labute approximate surface area is 127 Å². The molecule has 1 radical (unpaired) electrons. The molecule has 1 aliphatic heterocycles. The zero-order valence-electron chi connectivity index (χ0n) is 11.7. The fourth-order valence-corrected chi connectivity index (χ4v) is 2.79. The Balaban J connectivity index is 2.02. The summed E-state index contributed by atoms with van der Waals surface area (Å²) in [4.78, 5) is 3.98. The van der Waals surface area contributed by atoms with Gasteiger partial charge in [-0.1, -0.05) is 0 Å². The molecule has 0 spiro atoms. The first kappa shape index (κ1) is 15.9. The van der Waals surface area contributed by atoms with Crippen molar-refractivity contribution in [1.29, 1.82) is 0 Å². The van der Waals surface area contributed by atoms with Gasteiger partial charge in [-0.3, -0.25) is 0 Å². The smallest absolute Gasteiger partial charge is 0.334 e. The Morgan fingerprint density at radius 2 is 1.61 bits per heavy atom. The van der Waals surface area contributed by atoms with Crippen LogP contribution in [0, 0.1) is 6.20 Å². The van der Waals surface area contributed by atoms with Gasteiger partial charge < -0.3 is 4.57 Å². The number of hydrogen-bond donors (Lipinski definition) is 0. The lowest BCUT2D eigenvalue weighted by molar-refractivity contribution is -0.143. The lowest BCUT2D eigenvalue weighted by Crippen LogP contribution is -2.20. The van der Waals surface area contributed by atoms with Crippen LogP contribution in [0.1, 0.15) is 34.9 Å². The van der Waals surface area contributed by atoms with Gasteiger partial charge in [0, 0.05) is 25.1 Å². The monoisotopic (exact) mass is 333 g/mol. The summed E-state index contributed by atoms with van der Waals surface area (Å²) in [6.07, 6.45) is -4.51. The van der Waals surface area contributed by atoms with Crippen LogP contribution in [0.15, 0.2) is 24.4 Å². The summed E-state index contributed by atoms with van der Waals surface area (Å²) in [5.41, 5.74) is -2.50. The average Bonchev–Trinajstić information content (AvgIpc) is 2.92. The summed E-state index contributed by atoms with van der Waals surface area (Å²) in [7, 11) is 0. The average molecular weight is 333 g/mol. The van der Waals surface area contributed by atoms with Crippen molar-refractivity contribution in [3.63, 3.8) is 0 Å². The normalized spacial score (nSPS) is 18.8. The van der Waals surface area contributed by atoms with Crippen LogP contribution in [-0.4, -0.2) is 9.55 Å². The minimum absolute atomic E-state index is 0.0477. The maximum absolute atomic E-state index is 12.9. The van der Waals surface area contributed by atoms with Crippen LogP contribution < -0.4 is 0 Å². The van der Waals surface area contributed by atoms with E-state index in [0.29, 0.717) is 19.4 Å². The number of fused-ring (bicyclic) bond motifs is 1. The highest BCUT2D eigenvalue weighted by Gasteiger charge is 2.37. The number of imidazole rings is 1. The number of aromatic nitrogens is 2. The molecule has 3 rings (SSSR count). The van der Waals surface area contributed by atoms with Crippen molar-refractivity contribution in [2.75, 3.05) is 0 Å². The first-order valence-corrected chi connectivity index (χ1v) is 6.86. The van der Waals surface area contributed by atoms with Gasteiger partial charge in [0.25, 0.3) is 0 Å². The largest absolute Gasteiger partial charge is 0.416 e. The fraction of sp³-hybridized carbons (Fsp3) is 0.400. The van der Waals surface area contributed by atoms with E-state index in [1.807, 2.05) is 0 Å². The molecule has 0 fully saturated rings. The number of alkyl halides is 6. The van der Waals surface area contributed by atoms with E-state index in [1.54, 1.807) is 10.8 Å². The van der Waals surface area contributed by atoms with Crippen LogP contribution in [0.25, 0.3) is 0 Å². The van der Waals surface area contributed by atoms with Crippen LogP contribution in [-0.2, 0) is 25.3 Å². The minimum Gasteiger partial charge on any atom is -0.334 e. The molecule has 123 valence electrons. The Kier molecular flexibility index (Phi) is 3.65. The second-order valence-corrected chi connectivity index (χ2v) is 5.51. The summed E-state index contributed by atoms with van der Waals surface area (Å²) in [6.45, 7) is 0.296. The van der Waals surface area contributed by atoms with E-state index >= 15 is 0 Å². The SMILES string of the molecule is FC(F)(F)c1cc(C2CCc3n[c]cn3C2)cc(C(F)(F)F)c1. The molecule has 1 unspecified atom stereocenters. The Bertz CT molecular complexity index is 681. The van der Waals surface area contributed by atoms with E-state index in [9.17, 15) is 26.3 Å². The summed E-state index contributed by atoms with van der Waals surface area (Å²) in [6, 6.07) is 1.78. The number of rotatable bonds is 1. The van der Waals surface area contributed by atoms with Crippen molar-refractivity contribution in [1.82, 2.24) is 9.55 Å². The lowest BCUT2D eigenvalue weighted by Gasteiger charge is -2.25. The van der Waals surface area contributed by atoms with Gasteiger partial charge in [0.2, 0.25) is 0 Å². The van der Waals surface area contributed by atoms with Crippen molar-refractivity contribution in [2.24, 2.45) is 0 Å². The van der Waals surface area contributed by atoms with Crippen LogP contribution in [0.3, 0.4) is 0 Å². The highest BCUT2D eigenvalue weighted by Crippen LogP contribution is 2.39. The highest BCUT2D eigenvalue weighted by atomic mass is 19.4. The van der Waals surface area contributed by atoms with Crippen molar-refractivity contribution >= 4 is 0 Å². The minimum atomic E-state index is -4.82. The molecule has 0 N–H and O–H groups in total. The Morgan fingerprint density at radius 1 is 1.00 bits per heavy atom. The maximum Gasteiger partial charge on any atom is 0.416 e. The maximum atomic E-state index is 12.9. The first-order chi connectivity index (χ1) is 10.6. The molecule has 23 heavy (non-hydrogen) atoms. The van der Waals surface area contributed by atoms with Crippen molar-refractivity contribution in [3.8, 4) is 0 Å². The summed E-state index contributed by atoms with van der Waals surface area (Å²) in [5.74, 6) is 0.317. The summed E-state index contributed by atoms with van der Waals surface area (Å²) < 4.78 is 79.1. The number of nitrogens with zero attached hydrogens (tertiary/aromatic N) is 2. The number of hydrogen-bond acceptors (Lipinski definition) is 1. The molecule has 0 saturated heterocycles. The molecule has 0 saturated carbocycles. The molecule has 0 amide bonds. The highest BCUT2D eigenvalue weighted by molar-refractivity contribution is 5.36. The van der Waals surface area contributed by atoms with Gasteiger partial charge in [0.1, 0.15) is 12.0 Å². The Morgan fingerprint density at radius 3 is 2.17 bits per heavy atom. The molecule has 1 atom stereocenters. The van der Waals surface area contributed by atoms with Crippen molar-refractivity contribution in [3.05, 3.63) is 53.1 Å². The second-order valence-electron chi connectivity index (χ2n) is 5.51. The lowest BCUT2D eigenvalue weighted by atomic mass is 9.89. The predicted molar refractivity (Wildman–Crippen MR) is 68.6 cm³/mol. The van der Waals surface area contributed by atoms with Crippen LogP contribution >= 0.6 is 0 Å². The topological polar surface area (TPSA) is 17.8 Å².